The number of ether oxygens (including phenoxy) is 3. The van der Waals surface area contributed by atoms with Crippen molar-refractivity contribution in [1.82, 2.24) is 0 Å². The maximum absolute atomic E-state index is 14.4. The Labute approximate surface area is 244 Å². The molecule has 0 bridgehead atoms. The third-order valence-electron chi connectivity index (χ3n) is 8.08. The number of Topliss-reactive ketones (excluding diaryl/α,β-unsaturated/α-hetero) is 1. The predicted octanol–water partition coefficient (Wildman–Crippen LogP) is 7.75. The number of hydrogen-bond donors (Lipinski definition) is 0. The van der Waals surface area contributed by atoms with Gasteiger partial charge in [-0.15, -0.1) is 0 Å². The fourth-order valence-corrected chi connectivity index (χ4v) is 5.71. The molecule has 0 aliphatic carbocycles. The average Bonchev–Trinajstić information content (AvgIpc) is 3.01. The third-order valence-corrected chi connectivity index (χ3v) is 8.08. The minimum atomic E-state index is -0.778. The van der Waals surface area contributed by atoms with Crippen LogP contribution in [0.5, 0.6) is 0 Å². The van der Waals surface area contributed by atoms with E-state index in [-0.39, 0.29) is 23.9 Å². The fourth-order valence-electron chi connectivity index (χ4n) is 5.71. The lowest BCUT2D eigenvalue weighted by Crippen LogP contribution is -2.58. The van der Waals surface area contributed by atoms with Gasteiger partial charge in [0, 0.05) is 11.5 Å². The highest BCUT2D eigenvalue weighted by molar-refractivity contribution is 6.01. The average molecular weight is 549 g/mol. The molecule has 4 nitrogen and oxygen atoms in total. The monoisotopic (exact) mass is 548 g/mol. The molecule has 41 heavy (non-hydrogen) atoms. The SMILES string of the molecule is CC[C@H]1O[C@@H](C(=O)c2ccccc2Cc2ccc(C)cc2)[C@H](OCc2ccccc2)[C@@H](OCc2ccccc2)[C@@H]1C. The second-order valence-electron chi connectivity index (χ2n) is 11.1. The molecule has 0 unspecified atom stereocenters. The van der Waals surface area contributed by atoms with Gasteiger partial charge in [0.1, 0.15) is 12.2 Å². The minimum Gasteiger partial charge on any atom is -0.370 e. The Kier molecular flexibility index (Phi) is 9.79. The van der Waals surface area contributed by atoms with E-state index in [4.69, 9.17) is 14.2 Å². The molecule has 0 spiro atoms. The lowest BCUT2D eigenvalue weighted by atomic mass is 9.83. The molecule has 1 aliphatic rings. The topological polar surface area (TPSA) is 44.8 Å². The number of benzene rings is 4. The van der Waals surface area contributed by atoms with E-state index in [9.17, 15) is 4.79 Å². The fraction of sp³-hybridized carbons (Fsp3) is 0.324. The quantitative estimate of drug-likeness (QED) is 0.180. The van der Waals surface area contributed by atoms with Crippen molar-refractivity contribution in [2.75, 3.05) is 0 Å². The number of hydrogen-bond acceptors (Lipinski definition) is 4. The van der Waals surface area contributed by atoms with E-state index >= 15 is 0 Å². The van der Waals surface area contributed by atoms with E-state index in [1.54, 1.807) is 0 Å². The first-order valence-corrected chi connectivity index (χ1v) is 14.7. The first kappa shape index (κ1) is 28.9. The molecule has 4 aromatic carbocycles. The molecule has 1 heterocycles. The number of carbonyl (C=O) groups excluding carboxylic acids is 1. The lowest BCUT2D eigenvalue weighted by Gasteiger charge is -2.45. The summed E-state index contributed by atoms with van der Waals surface area (Å²) >= 11 is 0. The second kappa shape index (κ2) is 13.9. The van der Waals surface area contributed by atoms with Crippen molar-refractivity contribution < 1.29 is 19.0 Å². The normalized spacial score (nSPS) is 22.4. The van der Waals surface area contributed by atoms with Gasteiger partial charge < -0.3 is 14.2 Å². The molecular formula is C37H40O4. The van der Waals surface area contributed by atoms with Gasteiger partial charge in [0.05, 0.1) is 25.4 Å². The second-order valence-corrected chi connectivity index (χ2v) is 11.1. The van der Waals surface area contributed by atoms with Crippen molar-refractivity contribution in [1.29, 1.82) is 0 Å². The van der Waals surface area contributed by atoms with Crippen LogP contribution in [0.2, 0.25) is 0 Å². The number of ketones is 1. The summed E-state index contributed by atoms with van der Waals surface area (Å²) in [6.45, 7) is 7.15. The van der Waals surface area contributed by atoms with E-state index in [0.717, 1.165) is 23.1 Å². The molecule has 0 radical (unpaired) electrons. The summed E-state index contributed by atoms with van der Waals surface area (Å²) in [4.78, 5) is 14.4. The van der Waals surface area contributed by atoms with Crippen molar-refractivity contribution >= 4 is 5.78 Å². The predicted molar refractivity (Wildman–Crippen MR) is 163 cm³/mol. The van der Waals surface area contributed by atoms with Crippen molar-refractivity contribution in [2.45, 2.75) is 71.2 Å². The van der Waals surface area contributed by atoms with Gasteiger partial charge in [0.2, 0.25) is 0 Å². The smallest absolute Gasteiger partial charge is 0.194 e. The molecule has 1 fully saturated rings. The Morgan fingerprint density at radius 2 is 1.27 bits per heavy atom. The highest BCUT2D eigenvalue weighted by Crippen LogP contribution is 2.35. The van der Waals surface area contributed by atoms with Crippen LogP contribution in [-0.4, -0.2) is 30.2 Å². The Hall–Kier alpha value is -3.57. The summed E-state index contributed by atoms with van der Waals surface area (Å²) in [7, 11) is 0. The zero-order valence-corrected chi connectivity index (χ0v) is 24.2. The van der Waals surface area contributed by atoms with Gasteiger partial charge in [-0.3, -0.25) is 4.79 Å². The van der Waals surface area contributed by atoms with Gasteiger partial charge >= 0.3 is 0 Å². The van der Waals surface area contributed by atoms with Crippen molar-refractivity contribution in [3.8, 4) is 0 Å². The molecule has 1 saturated heterocycles. The molecule has 4 aromatic rings. The third kappa shape index (κ3) is 7.20. The standard InChI is InChI=1S/C37H40O4/c1-4-33-27(3)35(39-24-29-13-7-5-8-14-29)37(40-25-30-15-9-6-10-16-30)36(41-33)34(38)32-18-12-11-17-31(32)23-28-21-19-26(2)20-22-28/h5-22,27,33,35-37H,4,23-25H2,1-3H3/t27-,33-,35+,36+,37-/m1/s1. The van der Waals surface area contributed by atoms with Crippen LogP contribution in [0.15, 0.2) is 109 Å². The van der Waals surface area contributed by atoms with Crippen LogP contribution in [0.4, 0.5) is 0 Å². The Balaban J connectivity index is 1.46. The Morgan fingerprint density at radius 3 is 1.88 bits per heavy atom. The zero-order chi connectivity index (χ0) is 28.6. The highest BCUT2D eigenvalue weighted by atomic mass is 16.6. The van der Waals surface area contributed by atoms with E-state index in [0.29, 0.717) is 25.2 Å². The van der Waals surface area contributed by atoms with Gasteiger partial charge in [-0.1, -0.05) is 129 Å². The van der Waals surface area contributed by atoms with Crippen LogP contribution in [0.3, 0.4) is 0 Å². The van der Waals surface area contributed by atoms with Gasteiger partial charge in [-0.05, 0) is 42.0 Å². The Bertz CT molecular complexity index is 1380. The summed E-state index contributed by atoms with van der Waals surface area (Å²) in [5, 5.41) is 0. The molecule has 0 aromatic heterocycles. The molecule has 4 heteroatoms. The largest absolute Gasteiger partial charge is 0.370 e. The van der Waals surface area contributed by atoms with Crippen molar-refractivity contribution in [3.63, 3.8) is 0 Å². The maximum atomic E-state index is 14.4. The van der Waals surface area contributed by atoms with Gasteiger partial charge in [-0.25, -0.2) is 0 Å². The summed E-state index contributed by atoms with van der Waals surface area (Å²) in [6, 6.07) is 36.6. The molecular weight excluding hydrogens is 508 g/mol. The van der Waals surface area contributed by atoms with Crippen molar-refractivity contribution in [2.24, 2.45) is 5.92 Å². The molecule has 5 atom stereocenters. The zero-order valence-electron chi connectivity index (χ0n) is 24.2. The maximum Gasteiger partial charge on any atom is 0.194 e. The molecule has 0 amide bonds. The van der Waals surface area contributed by atoms with Gasteiger partial charge in [-0.2, -0.15) is 0 Å². The summed E-state index contributed by atoms with van der Waals surface area (Å²) in [5.41, 5.74) is 6.19. The molecule has 212 valence electrons. The van der Waals surface area contributed by atoms with Crippen LogP contribution in [-0.2, 0) is 33.8 Å². The molecule has 0 N–H and O–H groups in total. The van der Waals surface area contributed by atoms with Crippen LogP contribution in [0, 0.1) is 12.8 Å². The molecule has 0 saturated carbocycles. The van der Waals surface area contributed by atoms with E-state index < -0.39 is 12.2 Å². The molecule has 5 rings (SSSR count). The minimum absolute atomic E-state index is 0.0514. The number of rotatable bonds is 11. The number of aryl methyl sites for hydroxylation is 1. The summed E-state index contributed by atoms with van der Waals surface area (Å²) in [5.74, 6) is 0.000715. The van der Waals surface area contributed by atoms with Gasteiger partial charge in [0.25, 0.3) is 0 Å². The van der Waals surface area contributed by atoms with Crippen molar-refractivity contribution in [3.05, 3.63) is 143 Å². The van der Waals surface area contributed by atoms with Crippen LogP contribution in [0.25, 0.3) is 0 Å². The van der Waals surface area contributed by atoms with Crippen LogP contribution >= 0.6 is 0 Å². The summed E-state index contributed by atoms with van der Waals surface area (Å²) < 4.78 is 19.8. The number of carbonyl (C=O) groups is 1. The van der Waals surface area contributed by atoms with Crippen LogP contribution < -0.4 is 0 Å². The van der Waals surface area contributed by atoms with E-state index in [1.807, 2.05) is 72.8 Å². The summed E-state index contributed by atoms with van der Waals surface area (Å²) in [6.07, 6.45) is -0.309. The van der Waals surface area contributed by atoms with E-state index in [1.165, 1.54) is 11.1 Å². The Morgan fingerprint density at radius 1 is 0.707 bits per heavy atom. The first-order valence-electron chi connectivity index (χ1n) is 14.7. The van der Waals surface area contributed by atoms with E-state index in [2.05, 4.69) is 57.2 Å². The first-order chi connectivity index (χ1) is 20.0. The van der Waals surface area contributed by atoms with Crippen LogP contribution in [0.1, 0.15) is 58.4 Å². The highest BCUT2D eigenvalue weighted by Gasteiger charge is 2.48. The van der Waals surface area contributed by atoms with Gasteiger partial charge in [0.15, 0.2) is 5.78 Å². The molecule has 1 aliphatic heterocycles. The lowest BCUT2D eigenvalue weighted by molar-refractivity contribution is -0.218.